The maximum Gasteiger partial charge on any atom is 0.238 e. The molecule has 0 saturated carbocycles. The van der Waals surface area contributed by atoms with E-state index in [1.807, 2.05) is 43.3 Å². The van der Waals surface area contributed by atoms with Gasteiger partial charge in [-0.1, -0.05) is 41.6 Å². The molecular weight excluding hydrogens is 498 g/mol. The number of amides is 2. The Labute approximate surface area is 219 Å². The van der Waals surface area contributed by atoms with Gasteiger partial charge < -0.3 is 14.8 Å². The number of methoxy groups -OCH3 is 1. The van der Waals surface area contributed by atoms with E-state index in [0.29, 0.717) is 40.5 Å². The molecule has 1 aliphatic heterocycles. The Hall–Kier alpha value is -3.49. The molecule has 0 aliphatic carbocycles. The van der Waals surface area contributed by atoms with E-state index in [2.05, 4.69) is 5.32 Å². The van der Waals surface area contributed by atoms with Crippen molar-refractivity contribution in [1.82, 2.24) is 4.90 Å². The van der Waals surface area contributed by atoms with Gasteiger partial charge in [-0.15, -0.1) is 0 Å². The Bertz CT molecular complexity index is 1250. The molecule has 1 atom stereocenters. The second-order valence-corrected chi connectivity index (χ2v) is 9.57. The first-order chi connectivity index (χ1) is 17.4. The van der Waals surface area contributed by atoms with E-state index < -0.39 is 5.25 Å². The third kappa shape index (κ3) is 6.59. The molecule has 0 radical (unpaired) electrons. The number of rotatable bonds is 8. The van der Waals surface area contributed by atoms with Crippen molar-refractivity contribution in [3.05, 3.63) is 83.4 Å². The predicted octanol–water partition coefficient (Wildman–Crippen LogP) is 5.91. The Morgan fingerprint density at radius 2 is 1.86 bits per heavy atom. The molecule has 3 aromatic rings. The predicted molar refractivity (Wildman–Crippen MR) is 144 cm³/mol. The molecule has 1 fully saturated rings. The largest absolute Gasteiger partial charge is 0.497 e. The Balaban J connectivity index is 1.57. The van der Waals surface area contributed by atoms with Crippen molar-refractivity contribution < 1.29 is 19.1 Å². The number of thioether (sulfide) groups is 1. The summed E-state index contributed by atoms with van der Waals surface area (Å²) in [6.45, 7) is 2.75. The lowest BCUT2D eigenvalue weighted by atomic mass is 10.2. The van der Waals surface area contributed by atoms with Gasteiger partial charge in [-0.05, 0) is 61.0 Å². The van der Waals surface area contributed by atoms with Crippen molar-refractivity contribution in [2.45, 2.75) is 25.1 Å². The summed E-state index contributed by atoms with van der Waals surface area (Å²) in [5.74, 6) is 0.951. The fourth-order valence-corrected chi connectivity index (χ4v) is 4.81. The zero-order valence-electron chi connectivity index (χ0n) is 19.9. The highest BCUT2D eigenvalue weighted by molar-refractivity contribution is 8.15. The average Bonchev–Trinajstić information content (AvgIpc) is 2.88. The molecule has 1 aliphatic rings. The number of nitrogens with one attached hydrogen (secondary N) is 1. The zero-order chi connectivity index (χ0) is 25.5. The first-order valence-corrected chi connectivity index (χ1v) is 12.7. The molecule has 2 amide bonds. The lowest BCUT2D eigenvalue weighted by Crippen LogP contribution is -2.44. The van der Waals surface area contributed by atoms with E-state index in [4.69, 9.17) is 26.1 Å². The molecule has 1 N–H and O–H groups in total. The third-order valence-corrected chi connectivity index (χ3v) is 6.84. The van der Waals surface area contributed by atoms with Gasteiger partial charge in [0.15, 0.2) is 5.17 Å². The van der Waals surface area contributed by atoms with Gasteiger partial charge in [-0.25, -0.2) is 4.99 Å². The first kappa shape index (κ1) is 25.6. The van der Waals surface area contributed by atoms with Crippen LogP contribution < -0.4 is 14.8 Å². The molecule has 1 saturated heterocycles. The maximum atomic E-state index is 13.3. The molecule has 1 unspecified atom stereocenters. The third-order valence-electron chi connectivity index (χ3n) is 5.40. The fraction of sp³-hybridized carbons (Fsp3) is 0.222. The minimum Gasteiger partial charge on any atom is -0.497 e. The number of anilines is 1. The van der Waals surface area contributed by atoms with E-state index in [0.717, 1.165) is 11.3 Å². The summed E-state index contributed by atoms with van der Waals surface area (Å²) in [6, 6.07) is 21.7. The maximum absolute atomic E-state index is 13.3. The normalized spacial score (nSPS) is 16.6. The number of hydrogen-bond donors (Lipinski definition) is 1. The summed E-state index contributed by atoms with van der Waals surface area (Å²) < 4.78 is 10.7. The molecule has 1 heterocycles. The number of ether oxygens (including phenoxy) is 2. The van der Waals surface area contributed by atoms with Gasteiger partial charge in [0.05, 0.1) is 25.9 Å². The van der Waals surface area contributed by atoms with Crippen LogP contribution in [0.15, 0.2) is 77.8 Å². The van der Waals surface area contributed by atoms with Crippen LogP contribution in [0.2, 0.25) is 5.02 Å². The van der Waals surface area contributed by atoms with Gasteiger partial charge in [0.2, 0.25) is 11.8 Å². The number of benzene rings is 3. The van der Waals surface area contributed by atoms with E-state index in [-0.39, 0.29) is 18.2 Å². The zero-order valence-corrected chi connectivity index (χ0v) is 21.5. The molecule has 36 heavy (non-hydrogen) atoms. The van der Waals surface area contributed by atoms with Crippen molar-refractivity contribution >= 4 is 51.7 Å². The molecule has 0 bridgehead atoms. The lowest BCUT2D eigenvalue weighted by Gasteiger charge is -2.32. The highest BCUT2D eigenvalue weighted by Gasteiger charge is 2.36. The standard InChI is InChI=1S/C27H26ClN3O4S/c1-3-35-23-6-4-5-21(15-23)29-26(33)24-16-25(32)31(17-18-7-13-22(34-2)14-8-18)27(36-24)30-20-11-9-19(28)10-12-20/h4-15,24H,3,16-17H2,1-2H3,(H,29,33). The summed E-state index contributed by atoms with van der Waals surface area (Å²) in [5, 5.41) is 3.31. The van der Waals surface area contributed by atoms with Crippen LogP contribution in [0.1, 0.15) is 18.9 Å². The smallest absolute Gasteiger partial charge is 0.238 e. The molecule has 9 heteroatoms. The minimum atomic E-state index is -0.633. The molecular formula is C27H26ClN3O4S. The Kier molecular flexibility index (Phi) is 8.51. The fourth-order valence-electron chi connectivity index (χ4n) is 3.59. The van der Waals surface area contributed by atoms with E-state index >= 15 is 0 Å². The number of aliphatic imine (C=N–C) groups is 1. The van der Waals surface area contributed by atoms with E-state index in [9.17, 15) is 9.59 Å². The first-order valence-electron chi connectivity index (χ1n) is 11.4. The molecule has 0 aromatic heterocycles. The van der Waals surface area contributed by atoms with Gasteiger partial charge >= 0.3 is 0 Å². The van der Waals surface area contributed by atoms with Gasteiger partial charge in [0.25, 0.3) is 0 Å². The van der Waals surface area contributed by atoms with Crippen molar-refractivity contribution in [3.8, 4) is 11.5 Å². The Morgan fingerprint density at radius 3 is 2.56 bits per heavy atom. The second kappa shape index (κ2) is 12.0. The molecule has 0 spiro atoms. The number of carbonyl (C=O) groups excluding carboxylic acids is 2. The van der Waals surface area contributed by atoms with E-state index in [1.54, 1.807) is 48.4 Å². The SMILES string of the molecule is CCOc1cccc(NC(=O)C2CC(=O)N(Cc3ccc(OC)cc3)C(=Nc3ccc(Cl)cc3)S2)c1. The second-order valence-electron chi connectivity index (χ2n) is 7.96. The van der Waals surface area contributed by atoms with Crippen LogP contribution >= 0.6 is 23.4 Å². The average molecular weight is 524 g/mol. The van der Waals surface area contributed by atoms with Crippen molar-refractivity contribution in [1.29, 1.82) is 0 Å². The number of nitrogens with zero attached hydrogens (tertiary/aromatic N) is 2. The Morgan fingerprint density at radius 1 is 1.11 bits per heavy atom. The molecule has 186 valence electrons. The van der Waals surface area contributed by atoms with Gasteiger partial charge in [0, 0.05) is 23.2 Å². The highest BCUT2D eigenvalue weighted by Crippen LogP contribution is 2.32. The van der Waals surface area contributed by atoms with E-state index in [1.165, 1.54) is 11.8 Å². The van der Waals surface area contributed by atoms with Crippen LogP contribution in [-0.4, -0.2) is 40.8 Å². The van der Waals surface area contributed by atoms with Crippen molar-refractivity contribution in [2.24, 2.45) is 4.99 Å². The minimum absolute atomic E-state index is 0.0530. The van der Waals surface area contributed by atoms with Gasteiger partial charge in [0.1, 0.15) is 16.7 Å². The number of halogens is 1. The summed E-state index contributed by atoms with van der Waals surface area (Å²) in [6.07, 6.45) is 0.0530. The number of hydrogen-bond acceptors (Lipinski definition) is 6. The summed E-state index contributed by atoms with van der Waals surface area (Å²) >= 11 is 7.29. The van der Waals surface area contributed by atoms with Crippen LogP contribution in [0, 0.1) is 0 Å². The quantitative estimate of drug-likeness (QED) is 0.397. The molecule has 7 nitrogen and oxygen atoms in total. The van der Waals surface area contributed by atoms with Crippen LogP contribution in [-0.2, 0) is 16.1 Å². The monoisotopic (exact) mass is 523 g/mol. The number of carbonyl (C=O) groups is 2. The summed E-state index contributed by atoms with van der Waals surface area (Å²) in [5.41, 5.74) is 2.17. The van der Waals surface area contributed by atoms with Gasteiger partial charge in [-0.2, -0.15) is 0 Å². The highest BCUT2D eigenvalue weighted by atomic mass is 35.5. The van der Waals surface area contributed by atoms with Crippen LogP contribution in [0.4, 0.5) is 11.4 Å². The molecule has 3 aromatic carbocycles. The summed E-state index contributed by atoms with van der Waals surface area (Å²) in [4.78, 5) is 32.7. The lowest BCUT2D eigenvalue weighted by molar-refractivity contribution is -0.129. The van der Waals surface area contributed by atoms with Crippen LogP contribution in [0.5, 0.6) is 11.5 Å². The van der Waals surface area contributed by atoms with Crippen LogP contribution in [0.3, 0.4) is 0 Å². The van der Waals surface area contributed by atoms with Crippen molar-refractivity contribution in [3.63, 3.8) is 0 Å². The summed E-state index contributed by atoms with van der Waals surface area (Å²) in [7, 11) is 1.61. The van der Waals surface area contributed by atoms with Crippen LogP contribution in [0.25, 0.3) is 0 Å². The topological polar surface area (TPSA) is 80.2 Å². The van der Waals surface area contributed by atoms with Gasteiger partial charge in [-0.3, -0.25) is 14.5 Å². The van der Waals surface area contributed by atoms with Crippen molar-refractivity contribution in [2.75, 3.05) is 19.0 Å². The molecule has 4 rings (SSSR count). The number of amidine groups is 1.